The largest absolute Gasteiger partial charge is 0.445 e. The summed E-state index contributed by atoms with van der Waals surface area (Å²) in [4.78, 5) is 14.1. The minimum Gasteiger partial charge on any atom is -0.445 e. The first-order valence-corrected chi connectivity index (χ1v) is 7.44. The van der Waals surface area contributed by atoms with Crippen molar-refractivity contribution in [2.75, 3.05) is 20.2 Å². The number of rotatable bonds is 3. The summed E-state index contributed by atoms with van der Waals surface area (Å²) in [6.07, 6.45) is 2.24. The summed E-state index contributed by atoms with van der Waals surface area (Å²) >= 11 is 0. The zero-order valence-electron chi connectivity index (χ0n) is 12.6. The Morgan fingerprint density at radius 3 is 3.05 bits per heavy atom. The first-order chi connectivity index (χ1) is 10.1. The fourth-order valence-electron chi connectivity index (χ4n) is 3.78. The average molecular weight is 287 g/mol. The van der Waals surface area contributed by atoms with Crippen LogP contribution in [0.3, 0.4) is 0 Å². The van der Waals surface area contributed by atoms with E-state index in [1.54, 1.807) is 19.2 Å². The quantitative estimate of drug-likeness (QED) is 0.858. The van der Waals surface area contributed by atoms with Crippen molar-refractivity contribution in [3.8, 4) is 0 Å². The summed E-state index contributed by atoms with van der Waals surface area (Å²) in [7, 11) is 1.77. The molecule has 4 nitrogen and oxygen atoms in total. The third-order valence-electron chi connectivity index (χ3n) is 5.04. The summed E-state index contributed by atoms with van der Waals surface area (Å²) < 4.78 is 11.0. The zero-order valence-corrected chi connectivity index (χ0v) is 12.6. The van der Waals surface area contributed by atoms with Crippen LogP contribution in [0.25, 0.3) is 0 Å². The van der Waals surface area contributed by atoms with Gasteiger partial charge in [-0.05, 0) is 42.5 Å². The maximum Gasteiger partial charge on any atom is 0.410 e. The lowest BCUT2D eigenvalue weighted by Crippen LogP contribution is -2.37. The smallest absolute Gasteiger partial charge is 0.410 e. The topological polar surface area (TPSA) is 38.8 Å². The van der Waals surface area contributed by atoms with E-state index in [1.165, 1.54) is 0 Å². The van der Waals surface area contributed by atoms with Crippen LogP contribution < -0.4 is 0 Å². The lowest BCUT2D eigenvalue weighted by atomic mass is 9.81. The number of carbonyl (C=O) groups is 1. The maximum atomic E-state index is 12.2. The van der Waals surface area contributed by atoms with Gasteiger partial charge in [0.15, 0.2) is 0 Å². The van der Waals surface area contributed by atoms with Crippen molar-refractivity contribution in [3.63, 3.8) is 0 Å². The van der Waals surface area contributed by atoms with Gasteiger partial charge in [0.25, 0.3) is 0 Å². The number of methoxy groups -OCH3 is 1. The molecule has 1 amide bonds. The molecule has 21 heavy (non-hydrogen) atoms. The van der Waals surface area contributed by atoms with E-state index in [0.29, 0.717) is 5.92 Å². The average Bonchev–Trinajstić information content (AvgIpc) is 2.98. The molecule has 0 aromatic heterocycles. The Morgan fingerprint density at radius 1 is 1.48 bits per heavy atom. The molecule has 3 unspecified atom stereocenters. The second-order valence-corrected chi connectivity index (χ2v) is 6.28. The van der Waals surface area contributed by atoms with Gasteiger partial charge >= 0.3 is 6.09 Å². The van der Waals surface area contributed by atoms with Crippen molar-refractivity contribution < 1.29 is 14.3 Å². The zero-order chi connectivity index (χ0) is 14.9. The molecule has 1 aromatic rings. The second-order valence-electron chi connectivity index (χ2n) is 6.28. The molecule has 112 valence electrons. The monoisotopic (exact) mass is 287 g/mol. The van der Waals surface area contributed by atoms with Crippen molar-refractivity contribution in [3.05, 3.63) is 35.9 Å². The van der Waals surface area contributed by atoms with Gasteiger partial charge in [-0.15, -0.1) is 0 Å². The van der Waals surface area contributed by atoms with Gasteiger partial charge in [0.2, 0.25) is 0 Å². The Bertz CT molecular complexity index is 504. The Morgan fingerprint density at radius 2 is 2.33 bits per heavy atom. The number of nitrogens with zero attached hydrogens (tertiary/aromatic N) is 1. The van der Waals surface area contributed by atoms with Crippen LogP contribution in [-0.2, 0) is 16.1 Å². The van der Waals surface area contributed by atoms with E-state index in [2.05, 4.69) is 19.1 Å². The summed E-state index contributed by atoms with van der Waals surface area (Å²) in [6, 6.07) is 11.1. The van der Waals surface area contributed by atoms with Gasteiger partial charge in [0, 0.05) is 25.6 Å². The van der Waals surface area contributed by atoms with E-state index in [-0.39, 0.29) is 24.2 Å². The Balaban J connectivity index is 1.58. The van der Waals surface area contributed by atoms with Crippen LogP contribution in [0.15, 0.2) is 18.2 Å². The summed E-state index contributed by atoms with van der Waals surface area (Å²) in [5, 5.41) is 0. The fourth-order valence-corrected chi connectivity index (χ4v) is 3.78. The predicted molar refractivity (Wildman–Crippen MR) is 77.5 cm³/mol. The lowest BCUT2D eigenvalue weighted by Gasteiger charge is -2.30. The Hall–Kier alpha value is -1.73. The standard InChI is InChI=1S/C17H21NO3/c1-17-12-18(10-14(17)8-9-15(17)20-2)16(19)21-11-13-6-4-3-5-7-13/h4,6-7,14-15H,8-12H2,1-2H3. The van der Waals surface area contributed by atoms with Crippen LogP contribution in [0.2, 0.25) is 0 Å². The van der Waals surface area contributed by atoms with Crippen molar-refractivity contribution >= 4 is 6.09 Å². The van der Waals surface area contributed by atoms with Crippen molar-refractivity contribution in [1.82, 2.24) is 4.90 Å². The highest BCUT2D eigenvalue weighted by molar-refractivity contribution is 5.68. The molecule has 2 aliphatic rings. The molecule has 1 saturated heterocycles. The number of hydrogen-bond donors (Lipinski definition) is 0. The van der Waals surface area contributed by atoms with Crippen LogP contribution in [0.4, 0.5) is 4.79 Å². The van der Waals surface area contributed by atoms with Gasteiger partial charge < -0.3 is 14.4 Å². The van der Waals surface area contributed by atoms with Crippen LogP contribution in [-0.4, -0.2) is 37.3 Å². The van der Waals surface area contributed by atoms with Crippen molar-refractivity contribution in [2.45, 2.75) is 32.5 Å². The molecule has 0 N–H and O–H groups in total. The van der Waals surface area contributed by atoms with Crippen molar-refractivity contribution in [2.24, 2.45) is 11.3 Å². The van der Waals surface area contributed by atoms with Gasteiger partial charge in [0.1, 0.15) is 6.61 Å². The van der Waals surface area contributed by atoms with Gasteiger partial charge in [-0.2, -0.15) is 0 Å². The molecule has 3 atom stereocenters. The molecule has 1 heterocycles. The number of amides is 1. The molecule has 3 rings (SSSR count). The van der Waals surface area contributed by atoms with E-state index in [9.17, 15) is 4.79 Å². The number of fused-ring (bicyclic) bond motifs is 1. The maximum absolute atomic E-state index is 12.2. The molecule has 2 fully saturated rings. The summed E-state index contributed by atoms with van der Waals surface area (Å²) in [5.41, 5.74) is 1.01. The summed E-state index contributed by atoms with van der Waals surface area (Å²) in [6.45, 7) is 4.03. The molecular weight excluding hydrogens is 266 g/mol. The molecule has 1 aliphatic carbocycles. The molecular formula is C17H21NO3. The SMILES string of the molecule is COC1CCC2CN(C(=O)OCc3cc#ccc3)CC21C. The van der Waals surface area contributed by atoms with Crippen LogP contribution in [0, 0.1) is 23.5 Å². The second kappa shape index (κ2) is 5.57. The third-order valence-corrected chi connectivity index (χ3v) is 5.04. The highest BCUT2D eigenvalue weighted by atomic mass is 16.6. The molecule has 1 saturated carbocycles. The molecule has 1 aliphatic heterocycles. The third kappa shape index (κ3) is 2.58. The minimum absolute atomic E-state index is 0.0727. The molecule has 4 heteroatoms. The number of carbonyl (C=O) groups excluding carboxylic acids is 1. The van der Waals surface area contributed by atoms with Crippen LogP contribution in [0.1, 0.15) is 25.3 Å². The predicted octanol–water partition coefficient (Wildman–Crippen LogP) is 2.67. The number of hydrogen-bond acceptors (Lipinski definition) is 3. The molecule has 1 aromatic carbocycles. The van der Waals surface area contributed by atoms with Crippen molar-refractivity contribution in [1.29, 1.82) is 0 Å². The van der Waals surface area contributed by atoms with Crippen LogP contribution >= 0.6 is 0 Å². The first kappa shape index (κ1) is 14.2. The van der Waals surface area contributed by atoms with Gasteiger partial charge in [-0.1, -0.05) is 19.1 Å². The van der Waals surface area contributed by atoms with E-state index in [0.717, 1.165) is 31.5 Å². The molecule has 0 radical (unpaired) electrons. The van der Waals surface area contributed by atoms with Gasteiger partial charge in [-0.25, -0.2) is 4.79 Å². The van der Waals surface area contributed by atoms with E-state index < -0.39 is 0 Å². The molecule has 0 bridgehead atoms. The lowest BCUT2D eigenvalue weighted by molar-refractivity contribution is 0.0128. The minimum atomic E-state index is -0.228. The number of likely N-dealkylation sites (tertiary alicyclic amines) is 1. The van der Waals surface area contributed by atoms with Crippen LogP contribution in [0.5, 0.6) is 0 Å². The molecule has 0 spiro atoms. The fraction of sp³-hybridized carbons (Fsp3) is 0.588. The first-order valence-electron chi connectivity index (χ1n) is 7.44. The number of ether oxygens (including phenoxy) is 2. The van der Waals surface area contributed by atoms with E-state index >= 15 is 0 Å². The normalized spacial score (nSPS) is 30.9. The van der Waals surface area contributed by atoms with Gasteiger partial charge in [-0.3, -0.25) is 0 Å². The highest BCUT2D eigenvalue weighted by Crippen LogP contribution is 2.49. The van der Waals surface area contributed by atoms with E-state index in [4.69, 9.17) is 9.47 Å². The highest BCUT2D eigenvalue weighted by Gasteiger charge is 2.53. The summed E-state index contributed by atoms with van der Waals surface area (Å²) in [5.74, 6) is 0.523. The Labute approximate surface area is 126 Å². The Kier molecular flexibility index (Phi) is 3.77. The van der Waals surface area contributed by atoms with E-state index in [1.807, 2.05) is 11.0 Å². The van der Waals surface area contributed by atoms with Gasteiger partial charge in [0.05, 0.1) is 6.10 Å².